The molecule has 0 fully saturated rings. The highest BCUT2D eigenvalue weighted by molar-refractivity contribution is 6.21. The summed E-state index contributed by atoms with van der Waals surface area (Å²) in [5.74, 6) is 1.72. The molecule has 13 rings (SSSR count). The topological polar surface area (TPSA) is 56.7 Å². The van der Waals surface area contributed by atoms with Gasteiger partial charge in [-0.1, -0.05) is 172 Å². The summed E-state index contributed by atoms with van der Waals surface area (Å²) in [6.07, 6.45) is 0. The second-order valence-corrected chi connectivity index (χ2v) is 16.8. The van der Waals surface area contributed by atoms with Crippen LogP contribution in [0.1, 0.15) is 25.0 Å². The molecule has 286 valence electrons. The van der Waals surface area contributed by atoms with Crippen LogP contribution >= 0.6 is 0 Å². The molecule has 0 spiro atoms. The summed E-state index contributed by atoms with van der Waals surface area (Å²) in [4.78, 5) is 16.0. The van der Waals surface area contributed by atoms with Crippen LogP contribution in [0, 0.1) is 0 Å². The van der Waals surface area contributed by atoms with Gasteiger partial charge >= 0.3 is 0 Å². The third kappa shape index (κ3) is 4.92. The summed E-state index contributed by atoms with van der Waals surface area (Å²) in [6.45, 7) is 4.70. The summed E-state index contributed by atoms with van der Waals surface area (Å²) in [6, 6.07) is 64.8. The van der Waals surface area contributed by atoms with Crippen LogP contribution in [0.2, 0.25) is 0 Å². The van der Waals surface area contributed by atoms with Gasteiger partial charge in [0, 0.05) is 49.0 Å². The molecule has 0 unspecified atom stereocenters. The number of furan rings is 1. The number of para-hydroxylation sites is 2. The van der Waals surface area contributed by atoms with Gasteiger partial charge in [0.1, 0.15) is 11.2 Å². The summed E-state index contributed by atoms with van der Waals surface area (Å²) >= 11 is 0. The first-order chi connectivity index (χ1) is 30.0. The average Bonchev–Trinajstić information content (AvgIpc) is 3.94. The molecule has 0 saturated heterocycles. The molecule has 0 saturated carbocycles. The van der Waals surface area contributed by atoms with Crippen molar-refractivity contribution in [2.75, 3.05) is 0 Å². The van der Waals surface area contributed by atoms with Gasteiger partial charge in [-0.05, 0) is 68.2 Å². The van der Waals surface area contributed by atoms with E-state index in [0.717, 1.165) is 76.8 Å². The molecular formula is C56H36N4O. The quantitative estimate of drug-likeness (QED) is 0.178. The minimum absolute atomic E-state index is 0.131. The standard InChI is InChI=1S/C56H36N4O/c1-56(2)46-29-26-36(31-45(46)50-38-17-8-6-13-33(38)25-30-47(50)56)40-20-12-21-43-44-28-23-34-14-7-9-18-39(34)51(44)60(52(40)43)55-58-53(35-15-4-3-5-16-35)57-54(59-55)37-24-27-42-41-19-10-11-22-48(41)61-49(42)32-37/h3-32H,1-2H3. The highest BCUT2D eigenvalue weighted by Gasteiger charge is 2.36. The Hall–Kier alpha value is -7.89. The van der Waals surface area contributed by atoms with Crippen LogP contribution in [0.25, 0.3) is 116 Å². The molecule has 0 atom stereocenters. The second kappa shape index (κ2) is 12.6. The Morgan fingerprint density at radius 2 is 1.03 bits per heavy atom. The number of aromatic nitrogens is 4. The fourth-order valence-corrected chi connectivity index (χ4v) is 10.1. The molecule has 1 aliphatic rings. The average molecular weight is 781 g/mol. The molecule has 12 aromatic rings. The first kappa shape index (κ1) is 34.0. The zero-order valence-corrected chi connectivity index (χ0v) is 33.5. The maximum atomic E-state index is 6.37. The fourth-order valence-electron chi connectivity index (χ4n) is 10.1. The van der Waals surface area contributed by atoms with Crippen LogP contribution in [-0.4, -0.2) is 19.5 Å². The van der Waals surface area contributed by atoms with Gasteiger partial charge < -0.3 is 4.42 Å². The zero-order chi connectivity index (χ0) is 40.4. The number of hydrogen-bond donors (Lipinski definition) is 0. The largest absolute Gasteiger partial charge is 0.456 e. The van der Waals surface area contributed by atoms with Crippen LogP contribution in [0.15, 0.2) is 186 Å². The van der Waals surface area contributed by atoms with Gasteiger partial charge in [-0.3, -0.25) is 4.57 Å². The van der Waals surface area contributed by atoms with E-state index in [4.69, 9.17) is 19.4 Å². The normalized spacial score (nSPS) is 13.2. The molecule has 0 radical (unpaired) electrons. The fraction of sp³-hybridized carbons (Fsp3) is 0.0536. The summed E-state index contributed by atoms with van der Waals surface area (Å²) < 4.78 is 8.67. The summed E-state index contributed by atoms with van der Waals surface area (Å²) in [5, 5.41) is 9.24. The Labute approximate surface area is 351 Å². The van der Waals surface area contributed by atoms with Crippen molar-refractivity contribution in [3.8, 4) is 51.0 Å². The smallest absolute Gasteiger partial charge is 0.238 e. The lowest BCUT2D eigenvalue weighted by molar-refractivity contribution is 0.661. The molecule has 9 aromatic carbocycles. The van der Waals surface area contributed by atoms with Crippen LogP contribution in [0.5, 0.6) is 0 Å². The van der Waals surface area contributed by atoms with E-state index >= 15 is 0 Å². The van der Waals surface area contributed by atoms with Crippen LogP contribution in [0.4, 0.5) is 0 Å². The lowest BCUT2D eigenvalue weighted by Crippen LogP contribution is -2.14. The van der Waals surface area contributed by atoms with Gasteiger partial charge in [0.15, 0.2) is 11.6 Å². The van der Waals surface area contributed by atoms with Crippen molar-refractivity contribution >= 4 is 65.3 Å². The van der Waals surface area contributed by atoms with Crippen molar-refractivity contribution in [1.29, 1.82) is 0 Å². The summed E-state index contributed by atoms with van der Waals surface area (Å²) in [5.41, 5.74) is 13.0. The van der Waals surface area contributed by atoms with Gasteiger partial charge in [-0.2, -0.15) is 9.97 Å². The molecule has 5 heteroatoms. The number of benzene rings is 9. The van der Waals surface area contributed by atoms with Crippen LogP contribution in [-0.2, 0) is 5.41 Å². The van der Waals surface area contributed by atoms with Crippen molar-refractivity contribution in [3.63, 3.8) is 0 Å². The Morgan fingerprint density at radius 1 is 0.410 bits per heavy atom. The minimum atomic E-state index is -0.131. The molecule has 0 amide bonds. The predicted molar refractivity (Wildman–Crippen MR) is 250 cm³/mol. The lowest BCUT2D eigenvalue weighted by Gasteiger charge is -2.21. The first-order valence-corrected chi connectivity index (χ1v) is 20.9. The predicted octanol–water partition coefficient (Wildman–Crippen LogP) is 14.5. The van der Waals surface area contributed by atoms with Gasteiger partial charge in [0.05, 0.1) is 11.0 Å². The molecule has 1 aliphatic carbocycles. The van der Waals surface area contributed by atoms with E-state index in [-0.39, 0.29) is 5.41 Å². The summed E-state index contributed by atoms with van der Waals surface area (Å²) in [7, 11) is 0. The van der Waals surface area contributed by atoms with E-state index in [1.165, 1.54) is 33.0 Å². The van der Waals surface area contributed by atoms with Crippen molar-refractivity contribution < 1.29 is 4.42 Å². The van der Waals surface area contributed by atoms with E-state index in [0.29, 0.717) is 17.6 Å². The minimum Gasteiger partial charge on any atom is -0.456 e. The second-order valence-electron chi connectivity index (χ2n) is 16.8. The van der Waals surface area contributed by atoms with Crippen molar-refractivity contribution in [2.24, 2.45) is 0 Å². The molecule has 0 N–H and O–H groups in total. The van der Waals surface area contributed by atoms with E-state index in [1.54, 1.807) is 0 Å². The van der Waals surface area contributed by atoms with Crippen LogP contribution in [0.3, 0.4) is 0 Å². The molecule has 0 bridgehead atoms. The molecule has 3 aromatic heterocycles. The number of fused-ring (bicyclic) bond motifs is 13. The molecule has 5 nitrogen and oxygen atoms in total. The van der Waals surface area contributed by atoms with Crippen molar-refractivity contribution in [3.05, 3.63) is 193 Å². The SMILES string of the molecule is CC1(C)c2ccc(-c3cccc4c5ccc6ccccc6c5n(-c5nc(-c6ccccc6)nc(-c6ccc7c(c6)oc6ccccc67)n5)c34)cc2-c2c1ccc1ccccc21. The van der Waals surface area contributed by atoms with E-state index in [9.17, 15) is 0 Å². The first-order valence-electron chi connectivity index (χ1n) is 20.9. The Balaban J connectivity index is 1.12. The number of hydrogen-bond acceptors (Lipinski definition) is 4. The maximum Gasteiger partial charge on any atom is 0.238 e. The highest BCUT2D eigenvalue weighted by Crippen LogP contribution is 2.53. The Bertz CT molecular complexity index is 3800. The lowest BCUT2D eigenvalue weighted by atomic mass is 9.82. The third-order valence-electron chi connectivity index (χ3n) is 13.0. The van der Waals surface area contributed by atoms with Gasteiger partial charge in [-0.15, -0.1) is 0 Å². The third-order valence-corrected chi connectivity index (χ3v) is 13.0. The number of rotatable bonds is 4. The van der Waals surface area contributed by atoms with Gasteiger partial charge in [-0.25, -0.2) is 4.98 Å². The van der Waals surface area contributed by atoms with Gasteiger partial charge in [0.2, 0.25) is 5.95 Å². The molecular weight excluding hydrogens is 745 g/mol. The molecule has 3 heterocycles. The van der Waals surface area contributed by atoms with E-state index < -0.39 is 0 Å². The highest BCUT2D eigenvalue weighted by atomic mass is 16.3. The maximum absolute atomic E-state index is 6.37. The van der Waals surface area contributed by atoms with Crippen molar-refractivity contribution in [2.45, 2.75) is 19.3 Å². The molecule has 0 aliphatic heterocycles. The number of nitrogens with zero attached hydrogens (tertiary/aromatic N) is 4. The molecule has 61 heavy (non-hydrogen) atoms. The van der Waals surface area contributed by atoms with E-state index in [1.807, 2.05) is 36.4 Å². The zero-order valence-electron chi connectivity index (χ0n) is 33.5. The Kier molecular flexibility index (Phi) is 7.00. The monoisotopic (exact) mass is 780 g/mol. The Morgan fingerprint density at radius 3 is 1.89 bits per heavy atom. The van der Waals surface area contributed by atoms with E-state index in [2.05, 4.69) is 164 Å². The van der Waals surface area contributed by atoms with Crippen LogP contribution < -0.4 is 0 Å². The van der Waals surface area contributed by atoms with Gasteiger partial charge in [0.25, 0.3) is 0 Å². The van der Waals surface area contributed by atoms with Crippen molar-refractivity contribution in [1.82, 2.24) is 19.5 Å².